The second kappa shape index (κ2) is 8.25. The number of nitrogens with zero attached hydrogens (tertiary/aromatic N) is 4. The zero-order chi connectivity index (χ0) is 18.8. The Labute approximate surface area is 154 Å². The van der Waals surface area contributed by atoms with Gasteiger partial charge in [-0.05, 0) is 6.92 Å². The van der Waals surface area contributed by atoms with Crippen molar-refractivity contribution >= 4 is 34.5 Å². The molecule has 1 fully saturated rings. The number of anilines is 1. The van der Waals surface area contributed by atoms with Crippen molar-refractivity contribution in [2.75, 3.05) is 32.2 Å². The molecule has 26 heavy (non-hydrogen) atoms. The second-order valence-electron chi connectivity index (χ2n) is 5.98. The van der Waals surface area contributed by atoms with Crippen molar-refractivity contribution in [1.82, 2.24) is 19.5 Å². The van der Waals surface area contributed by atoms with Gasteiger partial charge < -0.3 is 24.0 Å². The van der Waals surface area contributed by atoms with Crippen LogP contribution in [-0.4, -0.2) is 70.2 Å². The summed E-state index contributed by atoms with van der Waals surface area (Å²) in [6.45, 7) is 2.13. The van der Waals surface area contributed by atoms with Crippen LogP contribution in [0, 0.1) is 0 Å². The van der Waals surface area contributed by atoms with Crippen molar-refractivity contribution in [2.45, 2.75) is 31.5 Å². The maximum atomic E-state index is 12.3. The van der Waals surface area contributed by atoms with Crippen molar-refractivity contribution in [1.29, 1.82) is 0 Å². The molecule has 3 rings (SSSR count). The molecular weight excluding hydrogens is 380 g/mol. The van der Waals surface area contributed by atoms with Crippen LogP contribution in [0.5, 0.6) is 0 Å². The number of fused-ring (bicyclic) bond motifs is 1. The van der Waals surface area contributed by atoms with Crippen LogP contribution < -0.4 is 10.5 Å². The topological polar surface area (TPSA) is 115 Å². The summed E-state index contributed by atoms with van der Waals surface area (Å²) < 4.78 is 19.3. The molecule has 3 heterocycles. The Morgan fingerprint density at radius 2 is 2.27 bits per heavy atom. The van der Waals surface area contributed by atoms with Crippen LogP contribution in [0.25, 0.3) is 11.2 Å². The summed E-state index contributed by atoms with van der Waals surface area (Å²) in [5, 5.41) is 9.67. The van der Waals surface area contributed by atoms with Crippen LogP contribution in [0.15, 0.2) is 11.1 Å². The molecule has 0 amide bonds. The number of aromatic nitrogens is 4. The summed E-state index contributed by atoms with van der Waals surface area (Å²) in [5.41, 5.74) is 0.268. The SMILES string of the molecule is CCO[C@@H]1C(OPP)[C@H](n2cnc3c(=O)[nH]c(N(C)C)nc32)O[C@@H]1CO. The maximum Gasteiger partial charge on any atom is 0.280 e. The molecule has 0 bridgehead atoms. The Morgan fingerprint density at radius 3 is 2.88 bits per heavy atom. The molecule has 0 radical (unpaired) electrons. The number of aliphatic hydroxyl groups excluding tert-OH is 1. The Bertz CT molecular complexity index is 813. The smallest absolute Gasteiger partial charge is 0.280 e. The first-order valence-electron chi connectivity index (χ1n) is 8.15. The van der Waals surface area contributed by atoms with E-state index in [0.717, 1.165) is 0 Å². The van der Waals surface area contributed by atoms with Crippen LogP contribution in [-0.2, 0) is 14.0 Å². The third-order valence-corrected chi connectivity index (χ3v) is 4.96. The monoisotopic (exact) mass is 403 g/mol. The lowest BCUT2D eigenvalue weighted by atomic mass is 10.1. The quantitative estimate of drug-likeness (QED) is 0.633. The summed E-state index contributed by atoms with van der Waals surface area (Å²) in [6, 6.07) is 0. The van der Waals surface area contributed by atoms with E-state index in [9.17, 15) is 9.90 Å². The van der Waals surface area contributed by atoms with Crippen molar-refractivity contribution < 1.29 is 19.1 Å². The van der Waals surface area contributed by atoms with Crippen LogP contribution in [0.1, 0.15) is 13.2 Å². The number of aromatic amines is 1. The minimum Gasteiger partial charge on any atom is -0.394 e. The van der Waals surface area contributed by atoms with E-state index in [-0.39, 0.29) is 26.2 Å². The molecule has 144 valence electrons. The standard InChI is InChI=1S/C14H23N5O5P2/c1-4-22-9-7(5-20)23-13(10(9)24-26-25)19-6-15-8-11(19)16-14(18(2)3)17-12(8)21/h6-7,9-10,13,20,26H,4-5,25H2,1-3H3,(H,16,17,21)/t7-,9+,10?,13-/m1/s1. The van der Waals surface area contributed by atoms with E-state index in [1.165, 1.54) is 6.33 Å². The fourth-order valence-electron chi connectivity index (χ4n) is 2.99. The lowest BCUT2D eigenvalue weighted by Crippen LogP contribution is -2.36. The first-order valence-corrected chi connectivity index (χ1v) is 10.9. The molecule has 10 nitrogen and oxygen atoms in total. The summed E-state index contributed by atoms with van der Waals surface area (Å²) in [4.78, 5) is 25.3. The molecule has 2 N–H and O–H groups in total. The van der Waals surface area contributed by atoms with Gasteiger partial charge in [0.1, 0.15) is 18.3 Å². The molecule has 0 aromatic carbocycles. The van der Waals surface area contributed by atoms with Gasteiger partial charge in [0.05, 0.1) is 12.9 Å². The molecule has 1 aliphatic rings. The summed E-state index contributed by atoms with van der Waals surface area (Å²) in [7, 11) is 6.22. The number of H-pyrrole nitrogens is 1. The van der Waals surface area contributed by atoms with Gasteiger partial charge in [0, 0.05) is 29.2 Å². The molecule has 1 aliphatic heterocycles. The number of imidazole rings is 1. The van der Waals surface area contributed by atoms with Crippen molar-refractivity contribution in [3.8, 4) is 0 Å². The Kier molecular flexibility index (Phi) is 6.22. The van der Waals surface area contributed by atoms with Crippen molar-refractivity contribution in [3.63, 3.8) is 0 Å². The number of rotatable bonds is 7. The number of hydrogen-bond donors (Lipinski definition) is 2. The minimum absolute atomic E-state index is 0.127. The zero-order valence-electron chi connectivity index (χ0n) is 14.7. The number of hydrogen-bond acceptors (Lipinski definition) is 8. The average Bonchev–Trinajstić information content (AvgIpc) is 3.18. The van der Waals surface area contributed by atoms with Gasteiger partial charge in [-0.1, -0.05) is 8.93 Å². The molecule has 0 saturated carbocycles. The largest absolute Gasteiger partial charge is 0.394 e. The molecule has 3 unspecified atom stereocenters. The molecule has 2 aromatic rings. The summed E-state index contributed by atoms with van der Waals surface area (Å²) in [5.74, 6) is 0.410. The van der Waals surface area contributed by atoms with Gasteiger partial charge in [-0.3, -0.25) is 14.3 Å². The number of ether oxygens (including phenoxy) is 2. The molecule has 12 heteroatoms. The van der Waals surface area contributed by atoms with Crippen LogP contribution in [0.3, 0.4) is 0 Å². The first-order chi connectivity index (χ1) is 12.5. The van der Waals surface area contributed by atoms with Gasteiger partial charge in [0.2, 0.25) is 5.95 Å². The molecule has 0 spiro atoms. The van der Waals surface area contributed by atoms with Crippen LogP contribution in [0.2, 0.25) is 0 Å². The van der Waals surface area contributed by atoms with Crippen molar-refractivity contribution in [2.24, 2.45) is 0 Å². The fraction of sp³-hybridized carbons (Fsp3) is 0.643. The van der Waals surface area contributed by atoms with E-state index in [4.69, 9.17) is 14.0 Å². The Balaban J connectivity index is 2.07. The summed E-state index contributed by atoms with van der Waals surface area (Å²) in [6.07, 6.45) is -0.563. The van der Waals surface area contributed by atoms with Crippen LogP contribution in [0.4, 0.5) is 5.95 Å². The van der Waals surface area contributed by atoms with E-state index in [1.807, 2.05) is 6.92 Å². The van der Waals surface area contributed by atoms with Gasteiger partial charge in [-0.25, -0.2) is 4.98 Å². The summed E-state index contributed by atoms with van der Waals surface area (Å²) >= 11 is 0. The highest BCUT2D eigenvalue weighted by molar-refractivity contribution is 8.00. The second-order valence-corrected chi connectivity index (χ2v) is 7.15. The fourth-order valence-corrected chi connectivity index (χ4v) is 3.87. The van der Waals surface area contributed by atoms with Crippen LogP contribution >= 0.6 is 17.4 Å². The zero-order valence-corrected chi connectivity index (χ0v) is 16.9. The molecule has 2 aromatic heterocycles. The predicted molar refractivity (Wildman–Crippen MR) is 102 cm³/mol. The van der Waals surface area contributed by atoms with E-state index in [1.54, 1.807) is 23.6 Å². The lowest BCUT2D eigenvalue weighted by Gasteiger charge is -2.23. The number of aliphatic hydroxyl groups is 1. The highest BCUT2D eigenvalue weighted by Crippen LogP contribution is 2.39. The minimum atomic E-state index is -0.619. The average molecular weight is 403 g/mol. The Morgan fingerprint density at radius 1 is 1.50 bits per heavy atom. The van der Waals surface area contributed by atoms with E-state index < -0.39 is 24.5 Å². The third kappa shape index (κ3) is 3.50. The van der Waals surface area contributed by atoms with Gasteiger partial charge in [0.15, 0.2) is 17.4 Å². The van der Waals surface area contributed by atoms with E-state index in [2.05, 4.69) is 23.9 Å². The Hall–Kier alpha value is -1.15. The lowest BCUT2D eigenvalue weighted by molar-refractivity contribution is -0.0584. The predicted octanol–water partition coefficient (Wildman–Crippen LogP) is 0.249. The highest BCUT2D eigenvalue weighted by atomic mass is 32.0. The molecule has 1 saturated heterocycles. The number of nitrogens with one attached hydrogen (secondary N) is 1. The van der Waals surface area contributed by atoms with Gasteiger partial charge >= 0.3 is 0 Å². The van der Waals surface area contributed by atoms with Crippen molar-refractivity contribution in [3.05, 3.63) is 16.7 Å². The molecular formula is C14H23N5O5P2. The molecule has 6 atom stereocenters. The normalized spacial score (nSPS) is 26.3. The van der Waals surface area contributed by atoms with Gasteiger partial charge in [0.25, 0.3) is 5.56 Å². The highest BCUT2D eigenvalue weighted by Gasteiger charge is 2.47. The maximum absolute atomic E-state index is 12.3. The third-order valence-electron chi connectivity index (χ3n) is 4.15. The van der Waals surface area contributed by atoms with Gasteiger partial charge in [-0.15, -0.1) is 0 Å². The molecule has 0 aliphatic carbocycles. The van der Waals surface area contributed by atoms with E-state index in [0.29, 0.717) is 18.2 Å². The van der Waals surface area contributed by atoms with Gasteiger partial charge in [-0.2, -0.15) is 4.98 Å². The first kappa shape index (κ1) is 19.6. The van der Waals surface area contributed by atoms with E-state index >= 15 is 0 Å².